The van der Waals surface area contributed by atoms with Crippen molar-refractivity contribution in [3.63, 3.8) is 0 Å². The predicted molar refractivity (Wildman–Crippen MR) is 105 cm³/mol. The molecule has 5 nitrogen and oxygen atoms in total. The molecule has 0 aliphatic carbocycles. The van der Waals surface area contributed by atoms with Crippen LogP contribution in [0.15, 0.2) is 67.3 Å². The molecular weight excluding hydrogens is 338 g/mol. The number of hydrogen-bond acceptors (Lipinski definition) is 3. The van der Waals surface area contributed by atoms with Gasteiger partial charge in [-0.05, 0) is 36.2 Å². The van der Waals surface area contributed by atoms with Gasteiger partial charge in [-0.1, -0.05) is 42.2 Å². The number of nitrogens with zero attached hydrogens (tertiary/aromatic N) is 2. The average Bonchev–Trinajstić information content (AvgIpc) is 3.19. The Balaban J connectivity index is 1.42. The van der Waals surface area contributed by atoms with Crippen molar-refractivity contribution in [2.45, 2.75) is 13.5 Å². The third-order valence-corrected chi connectivity index (χ3v) is 4.00. The van der Waals surface area contributed by atoms with Crippen LogP contribution in [0, 0.1) is 18.8 Å². The summed E-state index contributed by atoms with van der Waals surface area (Å²) in [5, 5.41) is 2.79. The first-order chi connectivity index (χ1) is 13.2. The van der Waals surface area contributed by atoms with Crippen LogP contribution < -0.4 is 10.1 Å². The van der Waals surface area contributed by atoms with Gasteiger partial charge in [-0.15, -0.1) is 0 Å². The molecule has 1 N–H and O–H groups in total. The average molecular weight is 359 g/mol. The number of amides is 1. The normalized spacial score (nSPS) is 9.96. The summed E-state index contributed by atoms with van der Waals surface area (Å²) in [6.45, 7) is 3.30. The highest BCUT2D eigenvalue weighted by Gasteiger charge is 2.04. The van der Waals surface area contributed by atoms with Gasteiger partial charge in [-0.3, -0.25) is 4.79 Å². The van der Waals surface area contributed by atoms with Gasteiger partial charge in [0.1, 0.15) is 12.4 Å². The van der Waals surface area contributed by atoms with E-state index < -0.39 is 0 Å². The summed E-state index contributed by atoms with van der Waals surface area (Å²) >= 11 is 0. The quantitative estimate of drug-likeness (QED) is 0.688. The van der Waals surface area contributed by atoms with Crippen molar-refractivity contribution in [3.05, 3.63) is 83.9 Å². The lowest BCUT2D eigenvalue weighted by Gasteiger charge is -2.05. The van der Waals surface area contributed by atoms with Crippen LogP contribution in [0.4, 0.5) is 0 Å². The summed E-state index contributed by atoms with van der Waals surface area (Å²) < 4.78 is 7.57. The van der Waals surface area contributed by atoms with Crippen molar-refractivity contribution in [1.82, 2.24) is 14.9 Å². The van der Waals surface area contributed by atoms with Crippen LogP contribution in [0.1, 0.15) is 21.5 Å². The summed E-state index contributed by atoms with van der Waals surface area (Å²) in [5.74, 6) is 6.49. The van der Waals surface area contributed by atoms with Crippen molar-refractivity contribution in [1.29, 1.82) is 0 Å². The van der Waals surface area contributed by atoms with Crippen LogP contribution in [0.3, 0.4) is 0 Å². The molecule has 27 heavy (non-hydrogen) atoms. The van der Waals surface area contributed by atoms with Gasteiger partial charge in [0, 0.05) is 24.5 Å². The molecule has 1 amide bonds. The third kappa shape index (κ3) is 5.48. The molecule has 1 heterocycles. The minimum Gasteiger partial charge on any atom is -0.481 e. The molecule has 3 aromatic rings. The van der Waals surface area contributed by atoms with E-state index in [1.165, 1.54) is 0 Å². The van der Waals surface area contributed by atoms with Gasteiger partial charge in [-0.25, -0.2) is 4.98 Å². The largest absolute Gasteiger partial charge is 0.481 e. The Morgan fingerprint density at radius 1 is 1.15 bits per heavy atom. The molecule has 5 heteroatoms. The van der Waals surface area contributed by atoms with Crippen molar-refractivity contribution < 1.29 is 9.53 Å². The molecule has 0 fully saturated rings. The van der Waals surface area contributed by atoms with E-state index in [-0.39, 0.29) is 12.5 Å². The number of carbonyl (C=O) groups excluding carboxylic acids is 1. The molecule has 0 bridgehead atoms. The standard InChI is InChI=1S/C22H21N3O2/c1-18-6-2-3-7-21(18)27-15-5-4-12-24-22(26)20-10-8-19(9-11-20)16-25-14-13-23-17-25/h2-3,6-11,13-14,17H,12,15-16H2,1H3,(H,24,26). The first kappa shape index (κ1) is 18.3. The number of rotatable bonds is 6. The van der Waals surface area contributed by atoms with Crippen LogP contribution in [-0.4, -0.2) is 28.6 Å². The van der Waals surface area contributed by atoms with E-state index in [9.17, 15) is 4.79 Å². The third-order valence-electron chi connectivity index (χ3n) is 4.00. The number of imidazole rings is 1. The predicted octanol–water partition coefficient (Wildman–Crippen LogP) is 3.05. The van der Waals surface area contributed by atoms with Crippen molar-refractivity contribution in [2.24, 2.45) is 0 Å². The fourth-order valence-corrected chi connectivity index (χ4v) is 2.52. The first-order valence-electron chi connectivity index (χ1n) is 8.69. The molecule has 0 atom stereocenters. The van der Waals surface area contributed by atoms with Crippen LogP contribution in [0.2, 0.25) is 0 Å². The molecule has 0 saturated heterocycles. The summed E-state index contributed by atoms with van der Waals surface area (Å²) in [4.78, 5) is 16.2. The molecule has 0 spiro atoms. The van der Waals surface area contributed by atoms with Crippen LogP contribution >= 0.6 is 0 Å². The van der Waals surface area contributed by atoms with Gasteiger partial charge < -0.3 is 14.6 Å². The van der Waals surface area contributed by atoms with Crippen molar-refractivity contribution in [2.75, 3.05) is 13.2 Å². The molecule has 0 aliphatic heterocycles. The van der Waals surface area contributed by atoms with E-state index >= 15 is 0 Å². The van der Waals surface area contributed by atoms with Crippen molar-refractivity contribution >= 4 is 5.91 Å². The molecule has 0 saturated carbocycles. The Morgan fingerprint density at radius 3 is 2.70 bits per heavy atom. The Hall–Kier alpha value is -3.52. The lowest BCUT2D eigenvalue weighted by atomic mass is 10.1. The van der Waals surface area contributed by atoms with Gasteiger partial charge in [0.15, 0.2) is 0 Å². The fraction of sp³-hybridized carbons (Fsp3) is 0.182. The lowest BCUT2D eigenvalue weighted by Crippen LogP contribution is -2.23. The minimum atomic E-state index is -0.140. The number of aromatic nitrogens is 2. The van der Waals surface area contributed by atoms with E-state index in [1.807, 2.05) is 66.2 Å². The van der Waals surface area contributed by atoms with Gasteiger partial charge in [0.2, 0.25) is 0 Å². The Morgan fingerprint density at radius 2 is 1.96 bits per heavy atom. The summed E-state index contributed by atoms with van der Waals surface area (Å²) in [7, 11) is 0. The Kier molecular flexibility index (Phi) is 6.26. The van der Waals surface area contributed by atoms with E-state index in [4.69, 9.17) is 4.74 Å². The molecule has 2 aromatic carbocycles. The second-order valence-electron chi connectivity index (χ2n) is 6.02. The highest BCUT2D eigenvalue weighted by Crippen LogP contribution is 2.15. The number of carbonyl (C=O) groups is 1. The molecule has 0 aliphatic rings. The van der Waals surface area contributed by atoms with Gasteiger partial charge in [-0.2, -0.15) is 0 Å². The summed E-state index contributed by atoms with van der Waals surface area (Å²) in [5.41, 5.74) is 2.80. The first-order valence-corrected chi connectivity index (χ1v) is 8.69. The van der Waals surface area contributed by atoms with Crippen LogP contribution in [-0.2, 0) is 6.54 Å². The highest BCUT2D eigenvalue weighted by atomic mass is 16.5. The second-order valence-corrected chi connectivity index (χ2v) is 6.02. The van der Waals surface area contributed by atoms with Gasteiger partial charge >= 0.3 is 0 Å². The maximum absolute atomic E-state index is 12.1. The van der Waals surface area contributed by atoms with Crippen LogP contribution in [0.5, 0.6) is 5.75 Å². The zero-order valence-electron chi connectivity index (χ0n) is 15.2. The van der Waals surface area contributed by atoms with E-state index in [1.54, 1.807) is 12.5 Å². The Bertz CT molecular complexity index is 936. The van der Waals surface area contributed by atoms with Gasteiger partial charge in [0.25, 0.3) is 5.91 Å². The molecule has 0 radical (unpaired) electrons. The van der Waals surface area contributed by atoms with Gasteiger partial charge in [0.05, 0.1) is 12.9 Å². The number of aryl methyl sites for hydroxylation is 1. The van der Waals surface area contributed by atoms with Crippen LogP contribution in [0.25, 0.3) is 0 Å². The maximum atomic E-state index is 12.1. The van der Waals surface area contributed by atoms with Crippen molar-refractivity contribution in [3.8, 4) is 17.6 Å². The number of ether oxygens (including phenoxy) is 1. The number of nitrogens with one attached hydrogen (secondary N) is 1. The number of hydrogen-bond donors (Lipinski definition) is 1. The molecule has 136 valence electrons. The van der Waals surface area contributed by atoms with E-state index in [2.05, 4.69) is 22.1 Å². The summed E-state index contributed by atoms with van der Waals surface area (Å²) in [6, 6.07) is 15.3. The smallest absolute Gasteiger partial charge is 0.252 e. The molecule has 0 unspecified atom stereocenters. The highest BCUT2D eigenvalue weighted by molar-refractivity contribution is 5.94. The zero-order valence-corrected chi connectivity index (χ0v) is 15.2. The Labute approximate surface area is 159 Å². The molecular formula is C22H21N3O2. The fourth-order valence-electron chi connectivity index (χ4n) is 2.52. The second kappa shape index (κ2) is 9.25. The SMILES string of the molecule is Cc1ccccc1OCC#CCNC(=O)c1ccc(Cn2ccnc2)cc1. The minimum absolute atomic E-state index is 0.140. The lowest BCUT2D eigenvalue weighted by molar-refractivity contribution is 0.0958. The summed E-state index contributed by atoms with van der Waals surface area (Å²) in [6.07, 6.45) is 5.42. The van der Waals surface area contributed by atoms with E-state index in [0.717, 1.165) is 23.4 Å². The zero-order chi connectivity index (χ0) is 18.9. The topological polar surface area (TPSA) is 56.1 Å². The maximum Gasteiger partial charge on any atom is 0.252 e. The van der Waals surface area contributed by atoms with E-state index in [0.29, 0.717) is 12.2 Å². The molecule has 1 aromatic heterocycles. The number of benzene rings is 2. The monoisotopic (exact) mass is 359 g/mol. The number of para-hydroxylation sites is 1. The molecule has 3 rings (SSSR count).